The second-order valence-corrected chi connectivity index (χ2v) is 7.91. The van der Waals surface area contributed by atoms with E-state index in [2.05, 4.69) is 0 Å². The smallest absolute Gasteiger partial charge is 0.349 e. The van der Waals surface area contributed by atoms with Crippen molar-refractivity contribution in [3.05, 3.63) is 52.8 Å². The normalized spacial score (nSPS) is 19.0. The Morgan fingerprint density at radius 2 is 2.04 bits per heavy atom. The van der Waals surface area contributed by atoms with Crippen LogP contribution >= 0.6 is 0 Å². The predicted octanol–water partition coefficient (Wildman–Crippen LogP) is 4.21. The van der Waals surface area contributed by atoms with Crippen molar-refractivity contribution >= 4 is 11.8 Å². The van der Waals surface area contributed by atoms with Crippen LogP contribution in [0.1, 0.15) is 54.6 Å². The lowest BCUT2D eigenvalue weighted by Crippen LogP contribution is -2.25. The quantitative estimate of drug-likeness (QED) is 0.584. The minimum absolute atomic E-state index is 0.0787. The Kier molecular flexibility index (Phi) is 4.37. The molecule has 6 heteroatoms. The summed E-state index contributed by atoms with van der Waals surface area (Å²) in [6.45, 7) is 5.39. The fourth-order valence-corrected chi connectivity index (χ4v) is 3.90. The number of rotatable bonds is 4. The van der Waals surface area contributed by atoms with Crippen LogP contribution in [0.5, 0.6) is 17.2 Å². The van der Waals surface area contributed by atoms with Crippen molar-refractivity contribution < 1.29 is 28.2 Å². The average molecular weight is 384 g/mol. The molecule has 0 saturated heterocycles. The van der Waals surface area contributed by atoms with E-state index >= 15 is 0 Å². The maximum Gasteiger partial charge on any atom is 0.349 e. The number of halogens is 1. The van der Waals surface area contributed by atoms with E-state index < -0.39 is 11.8 Å². The van der Waals surface area contributed by atoms with Crippen LogP contribution in [-0.2, 0) is 11.2 Å². The molecule has 0 spiro atoms. The zero-order valence-corrected chi connectivity index (χ0v) is 16.0. The number of ketones is 1. The molecule has 0 radical (unpaired) electrons. The van der Waals surface area contributed by atoms with Gasteiger partial charge in [-0.1, -0.05) is 19.1 Å². The summed E-state index contributed by atoms with van der Waals surface area (Å²) in [5, 5.41) is 0. The first-order valence-corrected chi connectivity index (χ1v) is 9.25. The maximum absolute atomic E-state index is 14.1. The number of ether oxygens (including phenoxy) is 3. The number of hydrogen-bond acceptors (Lipinski definition) is 5. The Bertz CT molecular complexity index is 979. The molecule has 0 N–H and O–H groups in total. The van der Waals surface area contributed by atoms with Crippen molar-refractivity contribution in [2.75, 3.05) is 6.61 Å². The van der Waals surface area contributed by atoms with Crippen LogP contribution in [0.3, 0.4) is 0 Å². The van der Waals surface area contributed by atoms with Crippen molar-refractivity contribution in [3.8, 4) is 17.2 Å². The first kappa shape index (κ1) is 18.5. The van der Waals surface area contributed by atoms with Crippen LogP contribution in [0.2, 0.25) is 0 Å². The summed E-state index contributed by atoms with van der Waals surface area (Å²) in [7, 11) is 0. The zero-order valence-electron chi connectivity index (χ0n) is 16.0. The average Bonchev–Trinajstić information content (AvgIpc) is 3.10. The molecule has 146 valence electrons. The minimum Gasteiger partial charge on any atom is -0.483 e. The number of Topliss-reactive ketones (excluding diaryl/α,β-unsaturated/α-hetero) is 1. The van der Waals surface area contributed by atoms with Gasteiger partial charge in [-0.05, 0) is 38.0 Å². The van der Waals surface area contributed by atoms with Gasteiger partial charge in [0.1, 0.15) is 17.2 Å². The molecular formula is C22H21FO5. The molecular weight excluding hydrogens is 363 g/mol. The summed E-state index contributed by atoms with van der Waals surface area (Å²) in [5.74, 6) is -0.400. The monoisotopic (exact) mass is 384 g/mol. The highest BCUT2D eigenvalue weighted by atomic mass is 19.1. The second kappa shape index (κ2) is 6.62. The number of hydrogen-bond donors (Lipinski definition) is 0. The SMILES string of the molecule is CC1CC(=O)c2c(OC(=O)COc3cccc4c3OC(C)(C)C4)ccc(F)c21. The van der Waals surface area contributed by atoms with Crippen LogP contribution in [0.4, 0.5) is 4.39 Å². The van der Waals surface area contributed by atoms with Crippen molar-refractivity contribution in [3.63, 3.8) is 0 Å². The van der Waals surface area contributed by atoms with Gasteiger partial charge in [0.2, 0.25) is 0 Å². The van der Waals surface area contributed by atoms with Crippen molar-refractivity contribution in [2.24, 2.45) is 0 Å². The minimum atomic E-state index is -0.670. The fourth-order valence-electron chi connectivity index (χ4n) is 3.90. The van der Waals surface area contributed by atoms with E-state index in [1.54, 1.807) is 13.0 Å². The summed E-state index contributed by atoms with van der Waals surface area (Å²) in [6, 6.07) is 8.07. The molecule has 0 amide bonds. The highest BCUT2D eigenvalue weighted by Gasteiger charge is 2.34. The number of benzene rings is 2. The van der Waals surface area contributed by atoms with Crippen LogP contribution in [-0.4, -0.2) is 24.0 Å². The molecule has 0 aromatic heterocycles. The van der Waals surface area contributed by atoms with E-state index in [9.17, 15) is 14.0 Å². The first-order valence-electron chi connectivity index (χ1n) is 9.25. The van der Waals surface area contributed by atoms with Crippen molar-refractivity contribution in [1.82, 2.24) is 0 Å². The van der Waals surface area contributed by atoms with Crippen LogP contribution in [0, 0.1) is 5.82 Å². The molecule has 2 aromatic rings. The van der Waals surface area contributed by atoms with E-state index in [1.807, 2.05) is 26.0 Å². The number of fused-ring (bicyclic) bond motifs is 2. The maximum atomic E-state index is 14.1. The van der Waals surface area contributed by atoms with Gasteiger partial charge in [0.15, 0.2) is 23.9 Å². The third kappa shape index (κ3) is 3.23. The van der Waals surface area contributed by atoms with Gasteiger partial charge in [0.05, 0.1) is 5.56 Å². The molecule has 1 aliphatic carbocycles. The van der Waals surface area contributed by atoms with Crippen molar-refractivity contribution in [2.45, 2.75) is 45.1 Å². The fraction of sp³-hybridized carbons (Fsp3) is 0.364. The van der Waals surface area contributed by atoms with E-state index in [-0.39, 0.29) is 41.6 Å². The van der Waals surface area contributed by atoms with E-state index in [0.29, 0.717) is 17.1 Å². The van der Waals surface area contributed by atoms with Gasteiger partial charge in [0, 0.05) is 24.0 Å². The predicted molar refractivity (Wildman–Crippen MR) is 99.7 cm³/mol. The Hall–Kier alpha value is -2.89. The Morgan fingerprint density at radius 1 is 1.25 bits per heavy atom. The molecule has 1 aliphatic heterocycles. The summed E-state index contributed by atoms with van der Waals surface area (Å²) < 4.78 is 30.9. The topological polar surface area (TPSA) is 61.8 Å². The molecule has 4 rings (SSSR count). The van der Waals surface area contributed by atoms with E-state index in [0.717, 1.165) is 12.0 Å². The van der Waals surface area contributed by atoms with E-state index in [4.69, 9.17) is 14.2 Å². The largest absolute Gasteiger partial charge is 0.483 e. The molecule has 5 nitrogen and oxygen atoms in total. The van der Waals surface area contributed by atoms with Crippen LogP contribution in [0.15, 0.2) is 30.3 Å². The van der Waals surface area contributed by atoms with Gasteiger partial charge in [-0.2, -0.15) is 0 Å². The number of carbonyl (C=O) groups is 2. The van der Waals surface area contributed by atoms with Gasteiger partial charge in [-0.15, -0.1) is 0 Å². The lowest BCUT2D eigenvalue weighted by molar-refractivity contribution is -0.136. The van der Waals surface area contributed by atoms with Gasteiger partial charge < -0.3 is 14.2 Å². The Labute approximate surface area is 162 Å². The first-order chi connectivity index (χ1) is 13.2. The second-order valence-electron chi connectivity index (χ2n) is 7.91. The van der Waals surface area contributed by atoms with Gasteiger partial charge in [0.25, 0.3) is 0 Å². The number of para-hydroxylation sites is 1. The highest BCUT2D eigenvalue weighted by molar-refractivity contribution is 6.04. The van der Waals surface area contributed by atoms with Gasteiger partial charge in [-0.25, -0.2) is 9.18 Å². The summed E-state index contributed by atoms with van der Waals surface area (Å²) in [6.07, 6.45) is 0.965. The highest BCUT2D eigenvalue weighted by Crippen LogP contribution is 2.42. The number of carbonyl (C=O) groups excluding carboxylic acids is 2. The molecule has 0 saturated carbocycles. The van der Waals surface area contributed by atoms with Crippen LogP contribution in [0.25, 0.3) is 0 Å². The number of esters is 1. The van der Waals surface area contributed by atoms with Gasteiger partial charge in [-0.3, -0.25) is 4.79 Å². The lowest BCUT2D eigenvalue weighted by atomic mass is 10.0. The third-order valence-corrected chi connectivity index (χ3v) is 5.04. The molecule has 0 bridgehead atoms. The van der Waals surface area contributed by atoms with Crippen molar-refractivity contribution in [1.29, 1.82) is 0 Å². The standard InChI is InChI=1S/C22H21FO5/c1-12-9-15(24)20-16(8-7-14(23)19(12)20)27-18(25)11-26-17-6-4-5-13-10-22(2,3)28-21(13)17/h4-8,12H,9-11H2,1-3H3. The Balaban J connectivity index is 1.48. The zero-order chi connectivity index (χ0) is 20.1. The molecule has 28 heavy (non-hydrogen) atoms. The molecule has 1 unspecified atom stereocenters. The lowest BCUT2D eigenvalue weighted by Gasteiger charge is -2.18. The third-order valence-electron chi connectivity index (χ3n) is 5.04. The van der Waals surface area contributed by atoms with E-state index in [1.165, 1.54) is 12.1 Å². The molecule has 1 atom stereocenters. The molecule has 0 fully saturated rings. The molecule has 2 aliphatic rings. The van der Waals surface area contributed by atoms with Crippen LogP contribution < -0.4 is 14.2 Å². The Morgan fingerprint density at radius 3 is 2.82 bits per heavy atom. The van der Waals surface area contributed by atoms with Gasteiger partial charge >= 0.3 is 5.97 Å². The molecule has 2 aromatic carbocycles. The summed E-state index contributed by atoms with van der Waals surface area (Å²) in [4.78, 5) is 24.5. The summed E-state index contributed by atoms with van der Waals surface area (Å²) >= 11 is 0. The molecule has 1 heterocycles. The summed E-state index contributed by atoms with van der Waals surface area (Å²) in [5.41, 5.74) is 1.17.